The molecule has 3 rings (SSSR count). The summed E-state index contributed by atoms with van der Waals surface area (Å²) in [7, 11) is 0. The molecule has 0 unspecified atom stereocenters. The zero-order chi connectivity index (χ0) is 14.4. The van der Waals surface area contributed by atoms with Crippen LogP contribution in [-0.4, -0.2) is 6.18 Å². The lowest BCUT2D eigenvalue weighted by Gasteiger charge is -2.22. The number of alkyl halides is 3. The molecule has 0 amide bonds. The van der Waals surface area contributed by atoms with Crippen LogP contribution >= 0.6 is 0 Å². The second-order valence-electron chi connectivity index (χ2n) is 5.14. The molecule has 1 saturated carbocycles. The van der Waals surface area contributed by atoms with Crippen molar-refractivity contribution in [2.75, 3.05) is 0 Å². The predicted molar refractivity (Wildman–Crippen MR) is 67.9 cm³/mol. The molecule has 0 N–H and O–H groups in total. The quantitative estimate of drug-likeness (QED) is 0.692. The summed E-state index contributed by atoms with van der Waals surface area (Å²) < 4.78 is 53.5. The van der Waals surface area contributed by atoms with Crippen molar-refractivity contribution in [1.29, 1.82) is 0 Å². The average molecular weight is 280 g/mol. The first-order valence-corrected chi connectivity index (χ1v) is 6.33. The van der Waals surface area contributed by atoms with Crippen LogP contribution in [0.2, 0.25) is 0 Å². The Bertz CT molecular complexity index is 601. The Morgan fingerprint density at radius 1 is 0.900 bits per heavy atom. The van der Waals surface area contributed by atoms with E-state index in [0.717, 1.165) is 12.1 Å². The minimum Gasteiger partial charge on any atom is -0.207 e. The molecule has 0 saturated heterocycles. The molecule has 0 spiro atoms. The minimum absolute atomic E-state index is 0.0200. The maximum atomic E-state index is 13.5. The topological polar surface area (TPSA) is 0 Å². The van der Waals surface area contributed by atoms with E-state index in [2.05, 4.69) is 0 Å². The molecule has 4 heteroatoms. The molecule has 104 valence electrons. The first-order chi connectivity index (χ1) is 9.45. The monoisotopic (exact) mass is 280 g/mol. The third-order valence-electron chi connectivity index (χ3n) is 4.03. The van der Waals surface area contributed by atoms with E-state index < -0.39 is 23.3 Å². The second kappa shape index (κ2) is 4.33. The first kappa shape index (κ1) is 13.2. The second-order valence-corrected chi connectivity index (χ2v) is 5.14. The standard InChI is InChI=1S/C16H12F4/c17-13-8-6-12(7-9-13)15(16(18,19)20)10-14(15)11-4-2-1-3-5-11/h1-9,14H,10H2/t14-,15-/m0/s1. The van der Waals surface area contributed by atoms with Crippen molar-refractivity contribution < 1.29 is 17.6 Å². The van der Waals surface area contributed by atoms with Crippen LogP contribution in [0.5, 0.6) is 0 Å². The molecule has 1 aliphatic rings. The number of hydrogen-bond donors (Lipinski definition) is 0. The van der Waals surface area contributed by atoms with Crippen LogP contribution in [0.3, 0.4) is 0 Å². The van der Waals surface area contributed by atoms with Gasteiger partial charge >= 0.3 is 6.18 Å². The van der Waals surface area contributed by atoms with Crippen LogP contribution in [0.4, 0.5) is 17.6 Å². The number of halogens is 4. The highest BCUT2D eigenvalue weighted by Crippen LogP contribution is 2.67. The molecule has 2 atom stereocenters. The molecule has 0 bridgehead atoms. The van der Waals surface area contributed by atoms with Crippen molar-refractivity contribution in [2.45, 2.75) is 23.9 Å². The fraction of sp³-hybridized carbons (Fsp3) is 0.250. The molecule has 2 aromatic rings. The summed E-state index contributed by atoms with van der Waals surface area (Å²) in [5, 5.41) is 0. The van der Waals surface area contributed by atoms with Gasteiger partial charge in [0.05, 0.1) is 5.41 Å². The number of rotatable bonds is 2. The molecule has 0 nitrogen and oxygen atoms in total. The number of benzene rings is 2. The van der Waals surface area contributed by atoms with Gasteiger partial charge in [-0.25, -0.2) is 4.39 Å². The highest BCUT2D eigenvalue weighted by atomic mass is 19.4. The maximum Gasteiger partial charge on any atom is 0.399 e. The Kier molecular flexibility index (Phi) is 2.85. The Labute approximate surface area is 114 Å². The molecule has 2 aromatic carbocycles. The van der Waals surface area contributed by atoms with Crippen molar-refractivity contribution in [3.63, 3.8) is 0 Å². The van der Waals surface area contributed by atoms with Gasteiger partial charge in [0.1, 0.15) is 5.82 Å². The lowest BCUT2D eigenvalue weighted by atomic mass is 9.90. The van der Waals surface area contributed by atoms with E-state index in [1.165, 1.54) is 12.1 Å². The molecule has 0 aromatic heterocycles. The fourth-order valence-corrected chi connectivity index (χ4v) is 2.89. The SMILES string of the molecule is Fc1ccc([C@@]2(C(F)(F)F)C[C@H]2c2ccccc2)cc1. The van der Waals surface area contributed by atoms with Crippen LogP contribution in [0.25, 0.3) is 0 Å². The normalized spacial score (nSPS) is 25.5. The third kappa shape index (κ3) is 1.90. The Balaban J connectivity index is 2.04. The Morgan fingerprint density at radius 3 is 2.05 bits per heavy atom. The summed E-state index contributed by atoms with van der Waals surface area (Å²) in [6, 6.07) is 13.3. The highest BCUT2D eigenvalue weighted by Gasteiger charge is 2.71. The summed E-state index contributed by atoms with van der Waals surface area (Å²) in [6.45, 7) is 0. The molecule has 0 aliphatic heterocycles. The van der Waals surface area contributed by atoms with E-state index in [1.807, 2.05) is 0 Å². The minimum atomic E-state index is -4.34. The molecule has 0 radical (unpaired) electrons. The van der Waals surface area contributed by atoms with Gasteiger partial charge < -0.3 is 0 Å². The Hall–Kier alpha value is -1.84. The zero-order valence-corrected chi connectivity index (χ0v) is 10.5. The van der Waals surface area contributed by atoms with E-state index >= 15 is 0 Å². The summed E-state index contributed by atoms with van der Waals surface area (Å²) >= 11 is 0. The van der Waals surface area contributed by atoms with Gasteiger partial charge in [-0.2, -0.15) is 13.2 Å². The molecule has 20 heavy (non-hydrogen) atoms. The fourth-order valence-electron chi connectivity index (χ4n) is 2.89. The predicted octanol–water partition coefficient (Wildman–Crippen LogP) is 4.81. The average Bonchev–Trinajstić information content (AvgIpc) is 3.17. The lowest BCUT2D eigenvalue weighted by molar-refractivity contribution is -0.162. The molecule has 0 heterocycles. The van der Waals surface area contributed by atoms with E-state index in [1.54, 1.807) is 30.3 Å². The summed E-state index contributed by atoms with van der Waals surface area (Å²) in [6.07, 6.45) is -4.32. The summed E-state index contributed by atoms with van der Waals surface area (Å²) in [5.41, 5.74) is -1.06. The smallest absolute Gasteiger partial charge is 0.207 e. The van der Waals surface area contributed by atoms with Crippen molar-refractivity contribution >= 4 is 0 Å². The van der Waals surface area contributed by atoms with Crippen LogP contribution in [0, 0.1) is 5.82 Å². The van der Waals surface area contributed by atoms with Gasteiger partial charge in [0.25, 0.3) is 0 Å². The van der Waals surface area contributed by atoms with Crippen molar-refractivity contribution in [3.05, 3.63) is 71.5 Å². The van der Waals surface area contributed by atoms with Crippen molar-refractivity contribution in [2.24, 2.45) is 0 Å². The van der Waals surface area contributed by atoms with Crippen LogP contribution in [0.1, 0.15) is 23.5 Å². The van der Waals surface area contributed by atoms with Gasteiger partial charge in [-0.05, 0) is 29.7 Å². The zero-order valence-electron chi connectivity index (χ0n) is 10.5. The number of hydrogen-bond acceptors (Lipinski definition) is 0. The molecule has 1 aliphatic carbocycles. The van der Waals surface area contributed by atoms with Crippen LogP contribution in [0.15, 0.2) is 54.6 Å². The van der Waals surface area contributed by atoms with Gasteiger partial charge in [0, 0.05) is 5.92 Å². The molecular weight excluding hydrogens is 268 g/mol. The highest BCUT2D eigenvalue weighted by molar-refractivity contribution is 5.45. The van der Waals surface area contributed by atoms with Gasteiger partial charge in [0.15, 0.2) is 0 Å². The molecular formula is C16H12F4. The largest absolute Gasteiger partial charge is 0.399 e. The summed E-state index contributed by atoms with van der Waals surface area (Å²) in [5.74, 6) is -1.11. The van der Waals surface area contributed by atoms with E-state index in [-0.39, 0.29) is 12.0 Å². The van der Waals surface area contributed by atoms with Gasteiger partial charge in [-0.1, -0.05) is 42.5 Å². The van der Waals surface area contributed by atoms with Crippen molar-refractivity contribution in [1.82, 2.24) is 0 Å². The summed E-state index contributed by atoms with van der Waals surface area (Å²) in [4.78, 5) is 0. The van der Waals surface area contributed by atoms with E-state index in [9.17, 15) is 17.6 Å². The van der Waals surface area contributed by atoms with Crippen LogP contribution < -0.4 is 0 Å². The van der Waals surface area contributed by atoms with Crippen molar-refractivity contribution in [3.8, 4) is 0 Å². The third-order valence-corrected chi connectivity index (χ3v) is 4.03. The van der Waals surface area contributed by atoms with E-state index in [0.29, 0.717) is 5.56 Å². The lowest BCUT2D eigenvalue weighted by Crippen LogP contribution is -2.30. The van der Waals surface area contributed by atoms with Gasteiger partial charge in [-0.15, -0.1) is 0 Å². The van der Waals surface area contributed by atoms with E-state index in [4.69, 9.17) is 0 Å². The molecule has 1 fully saturated rings. The van der Waals surface area contributed by atoms with Gasteiger partial charge in [0.2, 0.25) is 0 Å². The maximum absolute atomic E-state index is 13.5. The Morgan fingerprint density at radius 2 is 1.50 bits per heavy atom. The first-order valence-electron chi connectivity index (χ1n) is 6.33. The van der Waals surface area contributed by atoms with Gasteiger partial charge in [-0.3, -0.25) is 0 Å². The van der Waals surface area contributed by atoms with Crippen LogP contribution in [-0.2, 0) is 5.41 Å².